The predicted octanol–water partition coefficient (Wildman–Crippen LogP) is 2.23. The van der Waals surface area contributed by atoms with Crippen LogP contribution in [0.4, 0.5) is 24.7 Å². The van der Waals surface area contributed by atoms with Crippen LogP contribution in [0.1, 0.15) is 18.5 Å². The lowest BCUT2D eigenvalue weighted by Crippen LogP contribution is -2.18. The second-order valence-electron chi connectivity index (χ2n) is 5.41. The maximum Gasteiger partial charge on any atom is 0.573 e. The second kappa shape index (κ2) is 11.6. The number of halogens is 3. The summed E-state index contributed by atoms with van der Waals surface area (Å²) >= 11 is 0. The molecule has 2 rings (SSSR count). The van der Waals surface area contributed by atoms with E-state index in [0.29, 0.717) is 24.3 Å². The third kappa shape index (κ3) is 9.48. The Morgan fingerprint density at radius 2 is 1.97 bits per heavy atom. The summed E-state index contributed by atoms with van der Waals surface area (Å²) in [6.07, 6.45) is -1.51. The van der Waals surface area contributed by atoms with E-state index in [0.717, 1.165) is 0 Å². The van der Waals surface area contributed by atoms with E-state index in [2.05, 4.69) is 25.3 Å². The Morgan fingerprint density at radius 3 is 2.48 bits per heavy atom. The van der Waals surface area contributed by atoms with Gasteiger partial charge in [-0.25, -0.2) is 9.97 Å². The number of benzene rings is 1. The molecule has 1 unspecified atom stereocenters. The van der Waals surface area contributed by atoms with Crippen LogP contribution >= 0.6 is 0 Å². The molecule has 1 aromatic carbocycles. The van der Waals surface area contributed by atoms with Gasteiger partial charge in [-0.2, -0.15) is 0 Å². The molecule has 0 saturated carbocycles. The van der Waals surface area contributed by atoms with Crippen molar-refractivity contribution in [1.29, 1.82) is 0 Å². The van der Waals surface area contributed by atoms with Crippen LogP contribution in [0, 0.1) is 0 Å². The number of alkyl halides is 3. The van der Waals surface area contributed by atoms with E-state index < -0.39 is 6.36 Å². The van der Waals surface area contributed by atoms with Crippen LogP contribution < -0.4 is 21.1 Å². The van der Waals surface area contributed by atoms with Crippen molar-refractivity contribution in [1.82, 2.24) is 9.97 Å². The van der Waals surface area contributed by atoms with Crippen molar-refractivity contribution in [3.63, 3.8) is 0 Å². The highest BCUT2D eigenvalue weighted by atomic mass is 19.4. The second-order valence-corrected chi connectivity index (χ2v) is 5.41. The fraction of sp³-hybridized carbons (Fsp3) is 0.294. The number of carbonyl (C=O) groups excluding carboxylic acids is 2. The molecule has 1 atom stereocenters. The summed E-state index contributed by atoms with van der Waals surface area (Å²) in [6, 6.07) is 5.04. The summed E-state index contributed by atoms with van der Waals surface area (Å²) in [4.78, 5) is 28.3. The molecule has 158 valence electrons. The van der Waals surface area contributed by atoms with Gasteiger partial charge in [-0.1, -0.05) is 12.1 Å². The number of amides is 2. The van der Waals surface area contributed by atoms with Gasteiger partial charge >= 0.3 is 6.36 Å². The lowest BCUT2D eigenvalue weighted by atomic mass is 10.1. The van der Waals surface area contributed by atoms with Gasteiger partial charge in [0.2, 0.25) is 12.3 Å². The van der Waals surface area contributed by atoms with Gasteiger partial charge in [0.25, 0.3) is 0 Å². The third-order valence-corrected chi connectivity index (χ3v) is 3.11. The zero-order valence-corrected chi connectivity index (χ0v) is 15.6. The van der Waals surface area contributed by atoms with Crippen LogP contribution in [0.2, 0.25) is 0 Å². The Bertz CT molecular complexity index is 787. The summed E-state index contributed by atoms with van der Waals surface area (Å²) in [7, 11) is 1.50. The molecule has 0 spiro atoms. The van der Waals surface area contributed by atoms with Gasteiger partial charge < -0.3 is 25.8 Å². The summed E-state index contributed by atoms with van der Waals surface area (Å²) < 4.78 is 44.1. The molecule has 0 bridgehead atoms. The highest BCUT2D eigenvalue weighted by Gasteiger charge is 2.31. The average Bonchev–Trinajstić information content (AvgIpc) is 2.63. The number of hydrogen-bond acceptors (Lipinski definition) is 7. The lowest BCUT2D eigenvalue weighted by Gasteiger charge is -2.12. The van der Waals surface area contributed by atoms with Crippen molar-refractivity contribution in [3.8, 4) is 5.75 Å². The normalized spacial score (nSPS) is 11.5. The Morgan fingerprint density at radius 1 is 1.31 bits per heavy atom. The fourth-order valence-electron chi connectivity index (χ4n) is 1.97. The first-order valence-electron chi connectivity index (χ1n) is 8.04. The van der Waals surface area contributed by atoms with Crippen molar-refractivity contribution in [2.75, 3.05) is 24.4 Å². The van der Waals surface area contributed by atoms with Gasteiger partial charge in [-0.15, -0.1) is 13.2 Å². The van der Waals surface area contributed by atoms with Crippen LogP contribution in [-0.2, 0) is 14.3 Å². The zero-order chi connectivity index (χ0) is 21.9. The van der Waals surface area contributed by atoms with Crippen molar-refractivity contribution < 1.29 is 32.2 Å². The molecule has 0 aliphatic heterocycles. The van der Waals surface area contributed by atoms with E-state index in [9.17, 15) is 22.8 Å². The van der Waals surface area contributed by atoms with E-state index in [-0.39, 0.29) is 23.5 Å². The molecule has 0 fully saturated rings. The topological polar surface area (TPSA) is 128 Å². The molecule has 2 amide bonds. The average molecular weight is 415 g/mol. The van der Waals surface area contributed by atoms with Gasteiger partial charge in [0.05, 0.1) is 18.8 Å². The van der Waals surface area contributed by atoms with Crippen molar-refractivity contribution in [3.05, 3.63) is 42.4 Å². The molecule has 4 N–H and O–H groups in total. The maximum absolute atomic E-state index is 11.9. The maximum atomic E-state index is 11.9. The molecule has 9 nitrogen and oxygen atoms in total. The smallest absolute Gasteiger partial charge is 0.406 e. The molecule has 0 saturated heterocycles. The number of anilines is 2. The first-order valence-corrected chi connectivity index (χ1v) is 8.04. The lowest BCUT2D eigenvalue weighted by molar-refractivity contribution is -0.274. The predicted molar refractivity (Wildman–Crippen MR) is 98.0 cm³/mol. The first-order chi connectivity index (χ1) is 13.7. The van der Waals surface area contributed by atoms with Gasteiger partial charge in [0.15, 0.2) is 5.82 Å². The zero-order valence-electron chi connectivity index (χ0n) is 15.6. The Hall–Kier alpha value is -3.25. The largest absolute Gasteiger partial charge is 0.573 e. The molecule has 12 heteroatoms. The highest BCUT2D eigenvalue weighted by Crippen LogP contribution is 2.24. The van der Waals surface area contributed by atoms with Crippen LogP contribution in [0.3, 0.4) is 0 Å². The van der Waals surface area contributed by atoms with E-state index in [1.165, 1.54) is 50.8 Å². The van der Waals surface area contributed by atoms with Gasteiger partial charge in [-0.05, 0) is 17.7 Å². The molecular weight excluding hydrogens is 395 g/mol. The minimum atomic E-state index is -4.67. The number of nitrogens with zero attached hydrogens (tertiary/aromatic N) is 2. The Balaban J connectivity index is 0.000000296. The summed E-state index contributed by atoms with van der Waals surface area (Å²) in [5.41, 5.74) is 6.76. The monoisotopic (exact) mass is 415 g/mol. The first kappa shape index (κ1) is 23.8. The minimum Gasteiger partial charge on any atom is -0.406 e. The quantitative estimate of drug-likeness (QED) is 0.592. The number of ether oxygens (including phenoxy) is 2. The van der Waals surface area contributed by atoms with Gasteiger partial charge in [0.1, 0.15) is 17.8 Å². The minimum absolute atomic E-state index is 0.247. The number of rotatable bonds is 7. The van der Waals surface area contributed by atoms with Gasteiger partial charge in [0, 0.05) is 14.0 Å². The van der Waals surface area contributed by atoms with E-state index in [4.69, 9.17) is 10.5 Å². The molecule has 0 radical (unpaired) electrons. The van der Waals surface area contributed by atoms with Crippen molar-refractivity contribution >= 4 is 23.8 Å². The molecule has 29 heavy (non-hydrogen) atoms. The molecule has 1 aromatic heterocycles. The number of aromatic nitrogens is 2. The van der Waals surface area contributed by atoms with Crippen LogP contribution in [-0.4, -0.2) is 42.4 Å². The van der Waals surface area contributed by atoms with E-state index in [1.807, 2.05) is 0 Å². The number of nitrogens with one attached hydrogen (secondary N) is 2. The standard InChI is InChI=1S/C10H12F3NO2.C7H8N4O2/c1-15-6-9(14)7-2-4-8(5-3-7)16-10(11,12)13;1-5(13)11-6-2-8-3-9-7(6)10-4-12/h2-5,9H,6,14H2,1H3;2-4H,1H3,(H,11,13)(H,8,9,10,12). The van der Waals surface area contributed by atoms with Crippen molar-refractivity contribution in [2.45, 2.75) is 19.3 Å². The Labute approximate surface area is 164 Å². The van der Waals surface area contributed by atoms with E-state index in [1.54, 1.807) is 0 Å². The highest BCUT2D eigenvalue weighted by molar-refractivity contribution is 5.93. The molecule has 2 aromatic rings. The van der Waals surface area contributed by atoms with Crippen LogP contribution in [0.5, 0.6) is 5.75 Å². The fourth-order valence-corrected chi connectivity index (χ4v) is 1.97. The third-order valence-electron chi connectivity index (χ3n) is 3.11. The van der Waals surface area contributed by atoms with E-state index >= 15 is 0 Å². The Kier molecular flexibility index (Phi) is 9.48. The number of nitrogens with two attached hydrogens (primary N) is 1. The molecular formula is C17H20F3N5O4. The number of carbonyl (C=O) groups is 2. The molecule has 0 aliphatic rings. The van der Waals surface area contributed by atoms with Crippen LogP contribution in [0.15, 0.2) is 36.8 Å². The SMILES string of the molecule is CC(=O)Nc1cncnc1NC=O.COCC(N)c1ccc(OC(F)(F)F)cc1. The van der Waals surface area contributed by atoms with Crippen LogP contribution in [0.25, 0.3) is 0 Å². The molecule has 1 heterocycles. The molecule has 0 aliphatic carbocycles. The number of hydrogen-bond donors (Lipinski definition) is 3. The van der Waals surface area contributed by atoms with Crippen molar-refractivity contribution in [2.24, 2.45) is 5.73 Å². The number of methoxy groups -OCH3 is 1. The van der Waals surface area contributed by atoms with Gasteiger partial charge in [-0.3, -0.25) is 9.59 Å². The summed E-state index contributed by atoms with van der Waals surface area (Å²) in [5.74, 6) is -0.232. The summed E-state index contributed by atoms with van der Waals surface area (Å²) in [6.45, 7) is 1.66. The summed E-state index contributed by atoms with van der Waals surface area (Å²) in [5, 5.41) is 4.81.